The maximum absolute atomic E-state index is 12.6. The molecule has 31 heavy (non-hydrogen) atoms. The molecule has 8 nitrogen and oxygen atoms in total. The smallest absolute Gasteiger partial charge is 0.348 e. The molecule has 2 heterocycles. The Balaban J connectivity index is 2.19. The quantitative estimate of drug-likeness (QED) is 0.714. The van der Waals surface area contributed by atoms with Gasteiger partial charge >= 0.3 is 11.6 Å². The van der Waals surface area contributed by atoms with E-state index in [0.717, 1.165) is 5.56 Å². The highest BCUT2D eigenvalue weighted by Gasteiger charge is 2.42. The van der Waals surface area contributed by atoms with Crippen molar-refractivity contribution in [3.05, 3.63) is 51.6 Å². The van der Waals surface area contributed by atoms with Crippen LogP contribution >= 0.6 is 11.8 Å². The highest BCUT2D eigenvalue weighted by atomic mass is 32.2. The van der Waals surface area contributed by atoms with Crippen molar-refractivity contribution in [1.82, 2.24) is 0 Å². The summed E-state index contributed by atoms with van der Waals surface area (Å²) >= 11 is 1.42. The van der Waals surface area contributed by atoms with Gasteiger partial charge in [0.1, 0.15) is 28.6 Å². The summed E-state index contributed by atoms with van der Waals surface area (Å²) in [6, 6.07) is 5.57. The van der Waals surface area contributed by atoms with E-state index in [1.165, 1.54) is 17.8 Å². The van der Waals surface area contributed by atoms with E-state index in [4.69, 9.17) is 13.9 Å². The van der Waals surface area contributed by atoms with Crippen molar-refractivity contribution in [3.63, 3.8) is 0 Å². The third-order valence-corrected chi connectivity index (χ3v) is 6.67. The topological polar surface area (TPSA) is 119 Å². The zero-order chi connectivity index (χ0) is 22.9. The second kappa shape index (κ2) is 8.66. The van der Waals surface area contributed by atoms with Gasteiger partial charge in [0.2, 0.25) is 0 Å². The van der Waals surface area contributed by atoms with Crippen molar-refractivity contribution >= 4 is 23.4 Å². The summed E-state index contributed by atoms with van der Waals surface area (Å²) in [7, 11) is 3.10. The van der Waals surface area contributed by atoms with Crippen LogP contribution in [0.3, 0.4) is 0 Å². The lowest BCUT2D eigenvalue weighted by molar-refractivity contribution is -0.139. The number of aliphatic carboxylic acids is 1. The van der Waals surface area contributed by atoms with Crippen LogP contribution in [0.4, 0.5) is 0 Å². The second-order valence-electron chi connectivity index (χ2n) is 7.74. The number of aryl methyl sites for hydroxylation is 1. The number of hydrogen-bond donors (Lipinski definition) is 2. The monoisotopic (exact) mass is 447 g/mol. The number of thioether (sulfide) groups is 1. The van der Waals surface area contributed by atoms with Crippen molar-refractivity contribution < 1.29 is 28.9 Å². The molecular weight excluding hydrogens is 422 g/mol. The zero-order valence-electron chi connectivity index (χ0n) is 18.0. The molecule has 0 fully saturated rings. The van der Waals surface area contributed by atoms with E-state index < -0.39 is 22.4 Å². The Hall–Kier alpha value is -2.94. The average molecular weight is 448 g/mol. The Kier molecular flexibility index (Phi) is 6.35. The fourth-order valence-corrected chi connectivity index (χ4v) is 5.23. The molecular formula is C22H25NO7S. The highest BCUT2D eigenvalue weighted by molar-refractivity contribution is 8.01. The third-order valence-electron chi connectivity index (χ3n) is 5.13. The van der Waals surface area contributed by atoms with E-state index in [9.17, 15) is 19.8 Å². The third kappa shape index (κ3) is 4.56. The minimum Gasteiger partial charge on any atom is -0.507 e. The van der Waals surface area contributed by atoms with Crippen LogP contribution < -0.4 is 15.1 Å². The van der Waals surface area contributed by atoms with Crippen molar-refractivity contribution in [1.29, 1.82) is 0 Å². The Morgan fingerprint density at radius 3 is 2.55 bits per heavy atom. The van der Waals surface area contributed by atoms with Crippen molar-refractivity contribution in [2.75, 3.05) is 14.2 Å². The van der Waals surface area contributed by atoms with E-state index in [0.29, 0.717) is 11.5 Å². The maximum Gasteiger partial charge on any atom is 0.348 e. The SMILES string of the molecule is COc1ccc(C2CC(c3c(O)cc(C)oc3=O)=NC(C(=O)O)C(C)(C)S2)c(OC)c1. The molecule has 0 bridgehead atoms. The van der Waals surface area contributed by atoms with Gasteiger partial charge in [-0.15, -0.1) is 11.8 Å². The fourth-order valence-electron chi connectivity index (χ4n) is 3.65. The molecule has 1 aliphatic rings. The molecule has 9 heteroatoms. The van der Waals surface area contributed by atoms with Crippen LogP contribution in [0, 0.1) is 6.92 Å². The lowest BCUT2D eigenvalue weighted by Crippen LogP contribution is -2.38. The van der Waals surface area contributed by atoms with Crippen LogP contribution in [-0.2, 0) is 4.79 Å². The number of aromatic hydroxyl groups is 1. The molecule has 3 rings (SSSR count). The first-order valence-electron chi connectivity index (χ1n) is 9.60. The van der Waals surface area contributed by atoms with Gasteiger partial charge in [-0.05, 0) is 26.8 Å². The van der Waals surface area contributed by atoms with E-state index in [1.54, 1.807) is 47.1 Å². The molecule has 2 atom stereocenters. The summed E-state index contributed by atoms with van der Waals surface area (Å²) in [5, 5.41) is 20.0. The fraction of sp³-hybridized carbons (Fsp3) is 0.409. The van der Waals surface area contributed by atoms with E-state index in [-0.39, 0.29) is 34.5 Å². The van der Waals surface area contributed by atoms with Crippen LogP contribution in [-0.4, -0.2) is 46.9 Å². The molecule has 2 N–H and O–H groups in total. The van der Waals surface area contributed by atoms with Gasteiger partial charge in [0, 0.05) is 34.1 Å². The molecule has 0 amide bonds. The van der Waals surface area contributed by atoms with Gasteiger partial charge < -0.3 is 24.1 Å². The molecule has 1 aliphatic heterocycles. The molecule has 1 aromatic heterocycles. The highest BCUT2D eigenvalue weighted by Crippen LogP contribution is 2.49. The maximum atomic E-state index is 12.6. The second-order valence-corrected chi connectivity index (χ2v) is 9.60. The van der Waals surface area contributed by atoms with Crippen LogP contribution in [0.15, 0.2) is 38.5 Å². The number of ether oxygens (including phenoxy) is 2. The summed E-state index contributed by atoms with van der Waals surface area (Å²) in [5.74, 6) is 0.0296. The normalized spacial score (nSPS) is 20.5. The summed E-state index contributed by atoms with van der Waals surface area (Å²) in [6.45, 7) is 5.14. The average Bonchev–Trinajstić information content (AvgIpc) is 2.82. The Labute approximate surface area is 183 Å². The lowest BCUT2D eigenvalue weighted by atomic mass is 9.99. The van der Waals surface area contributed by atoms with Crippen LogP contribution in [0.2, 0.25) is 0 Å². The summed E-state index contributed by atoms with van der Waals surface area (Å²) in [5.41, 5.74) is 0.105. The predicted octanol–water partition coefficient (Wildman–Crippen LogP) is 3.57. The largest absolute Gasteiger partial charge is 0.507 e. The summed E-state index contributed by atoms with van der Waals surface area (Å²) < 4.78 is 15.2. The first-order valence-corrected chi connectivity index (χ1v) is 10.5. The Morgan fingerprint density at radius 1 is 1.26 bits per heavy atom. The van der Waals surface area contributed by atoms with Crippen molar-refractivity contribution in [3.8, 4) is 17.2 Å². The molecule has 2 aromatic rings. The minimum atomic E-state index is -1.14. The molecule has 0 saturated heterocycles. The number of hydrogen-bond acceptors (Lipinski definition) is 8. The standard InChI is InChI=1S/C22H25NO7S/c1-11-8-15(24)18(21(27)30-11)14-10-17(31-22(2,3)19(23-14)20(25)26)13-7-6-12(28-4)9-16(13)29-5/h6-9,17,19,24H,10H2,1-5H3,(H,25,26). The molecule has 0 spiro atoms. The van der Waals surface area contributed by atoms with Crippen LogP contribution in [0.1, 0.15) is 42.4 Å². The Bertz CT molecular complexity index is 1090. The lowest BCUT2D eigenvalue weighted by Gasteiger charge is -2.30. The number of aliphatic imine (C=N–C) groups is 1. The number of carbonyl (C=O) groups is 1. The number of benzene rings is 1. The van der Waals surface area contributed by atoms with Gasteiger partial charge in [-0.1, -0.05) is 6.07 Å². The number of carboxylic acid groups (broad SMARTS) is 1. The number of nitrogens with zero attached hydrogens (tertiary/aromatic N) is 1. The molecule has 2 unspecified atom stereocenters. The summed E-state index contributed by atoms with van der Waals surface area (Å²) in [4.78, 5) is 29.0. The minimum absolute atomic E-state index is 0.118. The van der Waals surface area contributed by atoms with Crippen molar-refractivity contribution in [2.45, 2.75) is 43.2 Å². The summed E-state index contributed by atoms with van der Waals surface area (Å²) in [6.07, 6.45) is 0.196. The van der Waals surface area contributed by atoms with E-state index >= 15 is 0 Å². The molecule has 0 radical (unpaired) electrons. The van der Waals surface area contributed by atoms with E-state index in [1.807, 2.05) is 6.07 Å². The number of rotatable bonds is 5. The first-order chi connectivity index (χ1) is 14.6. The Morgan fingerprint density at radius 2 is 1.97 bits per heavy atom. The first kappa shape index (κ1) is 22.7. The predicted molar refractivity (Wildman–Crippen MR) is 118 cm³/mol. The number of methoxy groups -OCH3 is 2. The van der Waals surface area contributed by atoms with Gasteiger partial charge in [-0.3, -0.25) is 4.99 Å². The van der Waals surface area contributed by atoms with Gasteiger partial charge in [0.25, 0.3) is 0 Å². The molecule has 0 aliphatic carbocycles. The zero-order valence-corrected chi connectivity index (χ0v) is 18.8. The molecule has 1 aromatic carbocycles. The van der Waals surface area contributed by atoms with Gasteiger partial charge in [0.05, 0.1) is 19.9 Å². The molecule has 166 valence electrons. The van der Waals surface area contributed by atoms with Gasteiger partial charge in [0.15, 0.2) is 6.04 Å². The number of carboxylic acids is 1. The van der Waals surface area contributed by atoms with Gasteiger partial charge in [-0.25, -0.2) is 9.59 Å². The van der Waals surface area contributed by atoms with Crippen LogP contribution in [0.25, 0.3) is 0 Å². The van der Waals surface area contributed by atoms with Crippen molar-refractivity contribution in [2.24, 2.45) is 4.99 Å². The molecule has 0 saturated carbocycles. The van der Waals surface area contributed by atoms with E-state index in [2.05, 4.69) is 4.99 Å². The van der Waals surface area contributed by atoms with Gasteiger partial charge in [-0.2, -0.15) is 0 Å². The van der Waals surface area contributed by atoms with Crippen LogP contribution in [0.5, 0.6) is 17.2 Å².